The summed E-state index contributed by atoms with van der Waals surface area (Å²) in [6.07, 6.45) is 3.68. The molecule has 6 nitrogen and oxygen atoms in total. The molecule has 0 aliphatic heterocycles. The minimum Gasteiger partial charge on any atom is -0.354 e. The van der Waals surface area contributed by atoms with Crippen LogP contribution < -0.4 is 0 Å². The molecule has 9 rings (SSSR count). The molecule has 0 amide bonds. The van der Waals surface area contributed by atoms with Gasteiger partial charge in [-0.2, -0.15) is 0 Å². The number of rotatable bonds is 1. The summed E-state index contributed by atoms with van der Waals surface area (Å²) in [4.78, 5) is 18.6. The van der Waals surface area contributed by atoms with Gasteiger partial charge in [0, 0.05) is 45.1 Å². The van der Waals surface area contributed by atoms with Gasteiger partial charge < -0.3 is 4.98 Å². The number of para-hydroxylation sites is 2. The Balaban J connectivity index is 1.64. The second-order valence-electron chi connectivity index (χ2n) is 9.44. The van der Waals surface area contributed by atoms with Crippen molar-refractivity contribution in [1.29, 1.82) is 0 Å². The Bertz CT molecular complexity index is 2360. The van der Waals surface area contributed by atoms with E-state index in [1.54, 1.807) is 0 Å². The van der Waals surface area contributed by atoms with Crippen LogP contribution in [0.5, 0.6) is 0 Å². The Morgan fingerprint density at radius 3 is 2.24 bits per heavy atom. The van der Waals surface area contributed by atoms with E-state index >= 15 is 0 Å². The third-order valence-electron chi connectivity index (χ3n) is 7.53. The summed E-state index contributed by atoms with van der Waals surface area (Å²) in [5.74, 6) is 0. The number of aromatic nitrogens is 6. The van der Waals surface area contributed by atoms with E-state index in [1.807, 2.05) is 30.6 Å². The van der Waals surface area contributed by atoms with Crippen LogP contribution in [0.4, 0.5) is 0 Å². The Hall–Kier alpha value is -5.23. The SMILES string of the molecule is c1ccc(-n2c3ccc4c5ccccc5[nH]c4c3c3c2nc2c4cccnc4c4cccnc4n23)cc1. The van der Waals surface area contributed by atoms with Gasteiger partial charge in [0.05, 0.1) is 21.9 Å². The highest BCUT2D eigenvalue weighted by molar-refractivity contribution is 6.25. The summed E-state index contributed by atoms with van der Waals surface area (Å²) >= 11 is 0. The van der Waals surface area contributed by atoms with Crippen molar-refractivity contribution in [1.82, 2.24) is 28.9 Å². The minimum atomic E-state index is 0.853. The first kappa shape index (κ1) is 19.0. The van der Waals surface area contributed by atoms with Gasteiger partial charge >= 0.3 is 0 Å². The molecule has 3 aromatic carbocycles. The molecule has 0 spiro atoms. The standard InChI is InChI=1S/C31H18N6/c1-2-8-18(9-3-1)36-24-15-14-20-19-10-4-5-13-23(19)34-27(20)25(24)28-31(36)35-30-22-12-6-16-32-26(22)21-11-7-17-33-29(21)37(28)30/h1-17,34H. The highest BCUT2D eigenvalue weighted by Crippen LogP contribution is 2.41. The van der Waals surface area contributed by atoms with Crippen LogP contribution in [0, 0.1) is 0 Å². The van der Waals surface area contributed by atoms with Crippen molar-refractivity contribution in [3.8, 4) is 5.69 Å². The molecule has 6 heterocycles. The lowest BCUT2D eigenvalue weighted by Gasteiger charge is -2.08. The predicted octanol–water partition coefficient (Wildman–Crippen LogP) is 7.16. The topological polar surface area (TPSA) is 63.8 Å². The Kier molecular flexibility index (Phi) is 3.45. The Morgan fingerprint density at radius 1 is 0.595 bits per heavy atom. The van der Waals surface area contributed by atoms with Crippen LogP contribution in [0.2, 0.25) is 0 Å². The van der Waals surface area contributed by atoms with E-state index in [1.165, 1.54) is 10.8 Å². The maximum Gasteiger partial charge on any atom is 0.165 e. The maximum absolute atomic E-state index is 5.30. The van der Waals surface area contributed by atoms with Gasteiger partial charge in [0.25, 0.3) is 0 Å². The number of H-pyrrole nitrogens is 1. The first-order chi connectivity index (χ1) is 18.4. The van der Waals surface area contributed by atoms with E-state index in [0.29, 0.717) is 0 Å². The largest absolute Gasteiger partial charge is 0.354 e. The van der Waals surface area contributed by atoms with Crippen molar-refractivity contribution in [2.24, 2.45) is 0 Å². The third-order valence-corrected chi connectivity index (χ3v) is 7.53. The summed E-state index contributed by atoms with van der Waals surface area (Å²) < 4.78 is 4.49. The van der Waals surface area contributed by atoms with Crippen LogP contribution in [0.1, 0.15) is 0 Å². The second-order valence-corrected chi connectivity index (χ2v) is 9.44. The molecule has 6 heteroatoms. The first-order valence-corrected chi connectivity index (χ1v) is 12.3. The fraction of sp³-hybridized carbons (Fsp3) is 0. The molecule has 6 aromatic heterocycles. The molecule has 37 heavy (non-hydrogen) atoms. The average molecular weight is 475 g/mol. The minimum absolute atomic E-state index is 0.853. The van der Waals surface area contributed by atoms with Crippen molar-refractivity contribution >= 4 is 71.5 Å². The van der Waals surface area contributed by atoms with Gasteiger partial charge in [-0.05, 0) is 48.5 Å². The molecule has 0 saturated heterocycles. The van der Waals surface area contributed by atoms with Crippen LogP contribution >= 0.6 is 0 Å². The summed E-state index contributed by atoms with van der Waals surface area (Å²) in [6.45, 7) is 0. The fourth-order valence-electron chi connectivity index (χ4n) is 6.02. The lowest BCUT2D eigenvalue weighted by Crippen LogP contribution is -1.96. The van der Waals surface area contributed by atoms with Crippen molar-refractivity contribution in [2.75, 3.05) is 0 Å². The molecule has 172 valence electrons. The van der Waals surface area contributed by atoms with Crippen LogP contribution in [0.25, 0.3) is 77.1 Å². The lowest BCUT2D eigenvalue weighted by atomic mass is 10.1. The molecule has 9 aromatic rings. The zero-order chi connectivity index (χ0) is 24.1. The van der Waals surface area contributed by atoms with Crippen molar-refractivity contribution in [3.05, 3.63) is 103 Å². The zero-order valence-corrected chi connectivity index (χ0v) is 19.6. The van der Waals surface area contributed by atoms with E-state index in [9.17, 15) is 0 Å². The van der Waals surface area contributed by atoms with Crippen molar-refractivity contribution in [3.63, 3.8) is 0 Å². The van der Waals surface area contributed by atoms with Crippen LogP contribution in [0.15, 0.2) is 103 Å². The molecule has 0 bridgehead atoms. The Labute approximate surface area is 209 Å². The van der Waals surface area contributed by atoms with E-state index in [0.717, 1.165) is 66.4 Å². The van der Waals surface area contributed by atoms with Gasteiger partial charge in [0.15, 0.2) is 11.3 Å². The zero-order valence-electron chi connectivity index (χ0n) is 19.6. The van der Waals surface area contributed by atoms with Gasteiger partial charge in [-0.25, -0.2) is 9.97 Å². The molecule has 0 fully saturated rings. The van der Waals surface area contributed by atoms with Gasteiger partial charge in [-0.15, -0.1) is 0 Å². The Morgan fingerprint density at radius 2 is 1.35 bits per heavy atom. The van der Waals surface area contributed by atoms with Crippen molar-refractivity contribution in [2.45, 2.75) is 0 Å². The molecule has 0 aliphatic carbocycles. The highest BCUT2D eigenvalue weighted by Gasteiger charge is 2.24. The number of aromatic amines is 1. The molecule has 0 unspecified atom stereocenters. The average Bonchev–Trinajstić information content (AvgIpc) is 3.62. The second kappa shape index (κ2) is 6.71. The van der Waals surface area contributed by atoms with Gasteiger partial charge in [0.2, 0.25) is 0 Å². The molecule has 0 saturated carbocycles. The molecular formula is C31H18N6. The number of nitrogens with one attached hydrogen (secondary N) is 1. The lowest BCUT2D eigenvalue weighted by molar-refractivity contribution is 1.15. The summed E-state index contributed by atoms with van der Waals surface area (Å²) in [7, 11) is 0. The number of nitrogens with zero attached hydrogens (tertiary/aromatic N) is 5. The van der Waals surface area contributed by atoms with Crippen LogP contribution in [-0.4, -0.2) is 28.9 Å². The number of benzene rings is 3. The normalized spacial score (nSPS) is 12.3. The first-order valence-electron chi connectivity index (χ1n) is 12.3. The summed E-state index contributed by atoms with van der Waals surface area (Å²) in [5, 5.41) is 5.57. The van der Waals surface area contributed by atoms with E-state index in [4.69, 9.17) is 15.0 Å². The van der Waals surface area contributed by atoms with Gasteiger partial charge in [-0.3, -0.25) is 14.0 Å². The maximum atomic E-state index is 5.30. The molecular weight excluding hydrogens is 456 g/mol. The van der Waals surface area contributed by atoms with E-state index in [-0.39, 0.29) is 0 Å². The fourth-order valence-corrected chi connectivity index (χ4v) is 6.02. The van der Waals surface area contributed by atoms with Crippen LogP contribution in [0.3, 0.4) is 0 Å². The number of imidazole rings is 1. The van der Waals surface area contributed by atoms with Crippen LogP contribution in [-0.2, 0) is 0 Å². The molecule has 0 radical (unpaired) electrons. The quantitative estimate of drug-likeness (QED) is 0.257. The number of pyridine rings is 3. The number of hydrogen-bond acceptors (Lipinski definition) is 3. The number of hydrogen-bond donors (Lipinski definition) is 1. The summed E-state index contributed by atoms with van der Waals surface area (Å²) in [6, 6.07) is 31.5. The molecule has 1 N–H and O–H groups in total. The smallest absolute Gasteiger partial charge is 0.165 e. The van der Waals surface area contributed by atoms with E-state index in [2.05, 4.69) is 86.7 Å². The predicted molar refractivity (Wildman–Crippen MR) is 149 cm³/mol. The highest BCUT2D eigenvalue weighted by atomic mass is 15.2. The van der Waals surface area contributed by atoms with Gasteiger partial charge in [-0.1, -0.05) is 42.5 Å². The molecule has 0 atom stereocenters. The summed E-state index contributed by atoms with van der Waals surface area (Å²) in [5.41, 5.74) is 8.97. The molecule has 0 aliphatic rings. The van der Waals surface area contributed by atoms with E-state index < -0.39 is 0 Å². The third kappa shape index (κ3) is 2.32. The van der Waals surface area contributed by atoms with Crippen molar-refractivity contribution < 1.29 is 0 Å². The number of fused-ring (bicyclic) bond motifs is 14. The monoisotopic (exact) mass is 474 g/mol. The van der Waals surface area contributed by atoms with Gasteiger partial charge in [0.1, 0.15) is 11.2 Å².